The van der Waals surface area contributed by atoms with Gasteiger partial charge in [-0.1, -0.05) is 0 Å². The first-order valence-corrected chi connectivity index (χ1v) is 4.25. The first-order valence-electron chi connectivity index (χ1n) is 4.25. The summed E-state index contributed by atoms with van der Waals surface area (Å²) < 4.78 is 10.3. The lowest BCUT2D eigenvalue weighted by Gasteiger charge is -1.95. The molecule has 0 N–H and O–H groups in total. The summed E-state index contributed by atoms with van der Waals surface area (Å²) >= 11 is 0. The van der Waals surface area contributed by atoms with E-state index in [-0.39, 0.29) is 5.63 Å². The fraction of sp³-hybridized carbons (Fsp3) is 0. The molecule has 0 saturated carbocycles. The van der Waals surface area contributed by atoms with E-state index in [1.54, 1.807) is 24.5 Å². The van der Waals surface area contributed by atoms with Gasteiger partial charge in [0.2, 0.25) is 0 Å². The van der Waals surface area contributed by atoms with Crippen LogP contribution in [0.25, 0.3) is 21.9 Å². The van der Waals surface area contributed by atoms with Gasteiger partial charge in [0.1, 0.15) is 11.2 Å². The second-order valence-electron chi connectivity index (χ2n) is 3.06. The van der Waals surface area contributed by atoms with Crippen LogP contribution in [0.15, 0.2) is 50.2 Å². The van der Waals surface area contributed by atoms with Crippen LogP contribution in [-0.4, -0.2) is 0 Å². The lowest BCUT2D eigenvalue weighted by molar-refractivity contribution is 0.561. The van der Waals surface area contributed by atoms with Crippen molar-refractivity contribution >= 4 is 21.9 Å². The monoisotopic (exact) mass is 186 g/mol. The van der Waals surface area contributed by atoms with E-state index in [2.05, 4.69) is 0 Å². The third-order valence-corrected chi connectivity index (χ3v) is 2.23. The smallest absolute Gasteiger partial charge is 0.336 e. The van der Waals surface area contributed by atoms with E-state index in [0.29, 0.717) is 5.58 Å². The number of benzene rings is 1. The summed E-state index contributed by atoms with van der Waals surface area (Å²) in [5.74, 6) is 0. The van der Waals surface area contributed by atoms with Gasteiger partial charge in [-0.2, -0.15) is 0 Å². The Balaban J connectivity index is 2.63. The molecule has 0 aliphatic heterocycles. The highest BCUT2D eigenvalue weighted by molar-refractivity contribution is 6.03. The summed E-state index contributed by atoms with van der Waals surface area (Å²) in [4.78, 5) is 11.0. The second-order valence-corrected chi connectivity index (χ2v) is 3.06. The van der Waals surface area contributed by atoms with Crippen LogP contribution in [0.2, 0.25) is 0 Å². The zero-order valence-corrected chi connectivity index (χ0v) is 7.19. The highest BCUT2D eigenvalue weighted by Crippen LogP contribution is 2.24. The highest BCUT2D eigenvalue weighted by atomic mass is 16.4. The first-order chi connectivity index (χ1) is 6.84. The molecule has 3 nitrogen and oxygen atoms in total. The zero-order valence-electron chi connectivity index (χ0n) is 7.19. The molecular formula is C11H6O3. The molecule has 0 bridgehead atoms. The lowest BCUT2D eigenvalue weighted by atomic mass is 10.1. The van der Waals surface area contributed by atoms with Gasteiger partial charge in [0.05, 0.1) is 6.26 Å². The summed E-state index contributed by atoms with van der Waals surface area (Å²) in [5, 5.41) is 1.86. The Labute approximate surface area is 78.6 Å². The Bertz CT molecular complexity index is 661. The fourth-order valence-electron chi connectivity index (χ4n) is 1.60. The van der Waals surface area contributed by atoms with Crippen molar-refractivity contribution in [3.63, 3.8) is 0 Å². The average Bonchev–Trinajstić information content (AvgIpc) is 2.65. The Kier molecular flexibility index (Phi) is 1.31. The molecule has 2 aromatic heterocycles. The van der Waals surface area contributed by atoms with Gasteiger partial charge in [0.15, 0.2) is 0 Å². The normalized spacial score (nSPS) is 11.1. The van der Waals surface area contributed by atoms with Crippen LogP contribution in [0.3, 0.4) is 0 Å². The maximum atomic E-state index is 11.0. The molecule has 2 heterocycles. The molecule has 68 valence electrons. The van der Waals surface area contributed by atoms with Crippen molar-refractivity contribution in [2.45, 2.75) is 0 Å². The molecule has 0 unspecified atom stereocenters. The number of furan rings is 1. The molecule has 1 aromatic carbocycles. The van der Waals surface area contributed by atoms with Crippen molar-refractivity contribution in [2.24, 2.45) is 0 Å². The van der Waals surface area contributed by atoms with Crippen molar-refractivity contribution in [1.29, 1.82) is 0 Å². The van der Waals surface area contributed by atoms with Crippen LogP contribution in [0, 0.1) is 0 Å². The highest BCUT2D eigenvalue weighted by Gasteiger charge is 2.03. The lowest BCUT2D eigenvalue weighted by Crippen LogP contribution is -1.93. The average molecular weight is 186 g/mol. The summed E-state index contributed by atoms with van der Waals surface area (Å²) in [5.41, 5.74) is 1.05. The van der Waals surface area contributed by atoms with Crippen molar-refractivity contribution in [2.75, 3.05) is 0 Å². The van der Waals surface area contributed by atoms with Crippen LogP contribution in [0.4, 0.5) is 0 Å². The van der Waals surface area contributed by atoms with Crippen molar-refractivity contribution < 1.29 is 8.83 Å². The van der Waals surface area contributed by atoms with Crippen molar-refractivity contribution in [3.05, 3.63) is 47.0 Å². The minimum absolute atomic E-state index is 0.333. The van der Waals surface area contributed by atoms with Crippen LogP contribution in [0.1, 0.15) is 0 Å². The van der Waals surface area contributed by atoms with E-state index >= 15 is 0 Å². The first kappa shape index (κ1) is 7.38. The number of hydrogen-bond acceptors (Lipinski definition) is 3. The molecule has 0 atom stereocenters. The molecular weight excluding hydrogens is 180 g/mol. The van der Waals surface area contributed by atoms with Crippen molar-refractivity contribution in [3.8, 4) is 0 Å². The molecule has 3 rings (SSSR count). The molecule has 0 spiro atoms. The van der Waals surface area contributed by atoms with Crippen LogP contribution in [0.5, 0.6) is 0 Å². The molecule has 0 fully saturated rings. The molecule has 0 saturated heterocycles. The van der Waals surface area contributed by atoms with Gasteiger partial charge in [-0.25, -0.2) is 4.79 Å². The fourth-order valence-corrected chi connectivity index (χ4v) is 1.60. The topological polar surface area (TPSA) is 43.4 Å². The molecule has 0 aliphatic carbocycles. The van der Waals surface area contributed by atoms with Gasteiger partial charge in [0, 0.05) is 16.8 Å². The Morgan fingerprint density at radius 1 is 0.857 bits per heavy atom. The molecule has 0 aliphatic rings. The van der Waals surface area contributed by atoms with E-state index in [0.717, 1.165) is 16.4 Å². The van der Waals surface area contributed by atoms with Crippen molar-refractivity contribution in [1.82, 2.24) is 0 Å². The predicted molar refractivity (Wildman–Crippen MR) is 52.3 cm³/mol. The largest absolute Gasteiger partial charge is 0.464 e. The number of rotatable bonds is 0. The molecule has 0 radical (unpaired) electrons. The summed E-state index contributed by atoms with van der Waals surface area (Å²) in [6, 6.07) is 8.55. The molecule has 3 heteroatoms. The SMILES string of the molecule is O=c1ccc2c(ccc3occc32)o1. The maximum absolute atomic E-state index is 11.0. The van der Waals surface area contributed by atoms with Gasteiger partial charge in [0.25, 0.3) is 0 Å². The summed E-state index contributed by atoms with van der Waals surface area (Å²) in [6.45, 7) is 0. The standard InChI is InChI=1S/C11H6O3/c12-11-4-1-7-8-5-6-13-9(8)2-3-10(7)14-11/h1-6H. The van der Waals surface area contributed by atoms with E-state index in [9.17, 15) is 4.79 Å². The zero-order chi connectivity index (χ0) is 9.54. The number of fused-ring (bicyclic) bond motifs is 3. The Morgan fingerprint density at radius 3 is 2.57 bits per heavy atom. The minimum atomic E-state index is -0.333. The maximum Gasteiger partial charge on any atom is 0.336 e. The van der Waals surface area contributed by atoms with E-state index in [4.69, 9.17) is 8.83 Å². The minimum Gasteiger partial charge on any atom is -0.464 e. The van der Waals surface area contributed by atoms with E-state index in [1.165, 1.54) is 6.07 Å². The molecule has 3 aromatic rings. The Hall–Kier alpha value is -2.03. The van der Waals surface area contributed by atoms with Gasteiger partial charge >= 0.3 is 5.63 Å². The van der Waals surface area contributed by atoms with E-state index in [1.807, 2.05) is 6.07 Å². The van der Waals surface area contributed by atoms with Crippen LogP contribution < -0.4 is 5.63 Å². The third-order valence-electron chi connectivity index (χ3n) is 2.23. The Morgan fingerprint density at radius 2 is 1.64 bits per heavy atom. The summed E-state index contributed by atoms with van der Waals surface area (Å²) in [7, 11) is 0. The molecule has 0 amide bonds. The third kappa shape index (κ3) is 0.893. The van der Waals surface area contributed by atoms with Crippen LogP contribution in [-0.2, 0) is 0 Å². The quantitative estimate of drug-likeness (QED) is 0.506. The van der Waals surface area contributed by atoms with Gasteiger partial charge in [-0.3, -0.25) is 0 Å². The van der Waals surface area contributed by atoms with Crippen LogP contribution >= 0.6 is 0 Å². The number of hydrogen-bond donors (Lipinski definition) is 0. The van der Waals surface area contributed by atoms with Gasteiger partial charge in [-0.15, -0.1) is 0 Å². The predicted octanol–water partition coefficient (Wildman–Crippen LogP) is 2.54. The molecule has 14 heavy (non-hydrogen) atoms. The van der Waals surface area contributed by atoms with Gasteiger partial charge in [-0.05, 0) is 24.3 Å². The second kappa shape index (κ2) is 2.48. The van der Waals surface area contributed by atoms with E-state index < -0.39 is 0 Å². The summed E-state index contributed by atoms with van der Waals surface area (Å²) in [6.07, 6.45) is 1.62. The van der Waals surface area contributed by atoms with Gasteiger partial charge < -0.3 is 8.83 Å².